The number of pyridine rings is 1. The Kier molecular flexibility index (Phi) is 4.63. The number of amides is 1. The van der Waals surface area contributed by atoms with E-state index in [4.69, 9.17) is 5.73 Å². The normalized spacial score (nSPS) is 17.4. The zero-order chi connectivity index (χ0) is 14.6. The molecule has 1 fully saturated rings. The van der Waals surface area contributed by atoms with Crippen molar-refractivity contribution in [2.45, 2.75) is 46.0 Å². The van der Waals surface area contributed by atoms with Crippen LogP contribution in [0.15, 0.2) is 18.5 Å². The van der Waals surface area contributed by atoms with E-state index in [-0.39, 0.29) is 11.3 Å². The van der Waals surface area contributed by atoms with Crippen molar-refractivity contribution in [1.82, 2.24) is 10.3 Å². The molecule has 1 aromatic heterocycles. The van der Waals surface area contributed by atoms with Gasteiger partial charge in [0.15, 0.2) is 0 Å². The number of rotatable bonds is 5. The lowest BCUT2D eigenvalue weighted by Crippen LogP contribution is -2.37. The second-order valence-corrected chi connectivity index (χ2v) is 6.45. The predicted molar refractivity (Wildman–Crippen MR) is 81.3 cm³/mol. The zero-order valence-corrected chi connectivity index (χ0v) is 12.5. The molecular formula is C16H25N3O. The molecule has 1 saturated carbocycles. The van der Waals surface area contributed by atoms with E-state index in [1.165, 1.54) is 38.3 Å². The van der Waals surface area contributed by atoms with Crippen molar-refractivity contribution in [1.29, 1.82) is 0 Å². The number of nitrogen functional groups attached to an aromatic ring is 1. The summed E-state index contributed by atoms with van der Waals surface area (Å²) in [5.74, 6) is 0.580. The van der Waals surface area contributed by atoms with Gasteiger partial charge in [0.2, 0.25) is 0 Å². The summed E-state index contributed by atoms with van der Waals surface area (Å²) in [7, 11) is 0. The van der Waals surface area contributed by atoms with Crippen molar-refractivity contribution < 1.29 is 4.79 Å². The third-order valence-electron chi connectivity index (χ3n) is 4.23. The molecule has 0 unspecified atom stereocenters. The first-order valence-electron chi connectivity index (χ1n) is 7.50. The number of nitrogens with two attached hydrogens (primary N) is 1. The molecule has 3 N–H and O–H groups in total. The van der Waals surface area contributed by atoms with Crippen molar-refractivity contribution >= 4 is 11.6 Å². The van der Waals surface area contributed by atoms with Crippen LogP contribution >= 0.6 is 0 Å². The van der Waals surface area contributed by atoms with Gasteiger partial charge in [0.05, 0.1) is 17.4 Å². The Hall–Kier alpha value is -1.58. The number of hydrogen-bond acceptors (Lipinski definition) is 3. The lowest BCUT2D eigenvalue weighted by molar-refractivity contribution is 0.0922. The average molecular weight is 275 g/mol. The van der Waals surface area contributed by atoms with Gasteiger partial charge in [-0.3, -0.25) is 9.78 Å². The highest BCUT2D eigenvalue weighted by atomic mass is 16.1. The highest BCUT2D eigenvalue weighted by Crippen LogP contribution is 2.42. The van der Waals surface area contributed by atoms with Crippen molar-refractivity contribution in [3.63, 3.8) is 0 Å². The van der Waals surface area contributed by atoms with E-state index in [0.29, 0.717) is 17.2 Å². The van der Waals surface area contributed by atoms with Crippen LogP contribution in [0, 0.1) is 11.3 Å². The molecule has 1 aliphatic carbocycles. The summed E-state index contributed by atoms with van der Waals surface area (Å²) in [6.45, 7) is 5.26. The Balaban J connectivity index is 1.99. The molecule has 4 nitrogen and oxygen atoms in total. The minimum atomic E-state index is -0.0834. The molecule has 110 valence electrons. The summed E-state index contributed by atoms with van der Waals surface area (Å²) in [5.41, 5.74) is 7.04. The van der Waals surface area contributed by atoms with Crippen LogP contribution in [0.1, 0.15) is 56.3 Å². The van der Waals surface area contributed by atoms with Crippen LogP contribution in [0.3, 0.4) is 0 Å². The van der Waals surface area contributed by atoms with E-state index >= 15 is 0 Å². The fourth-order valence-electron chi connectivity index (χ4n) is 3.42. The Morgan fingerprint density at radius 2 is 2.15 bits per heavy atom. The Bertz CT molecular complexity index is 465. The number of carbonyl (C=O) groups excluding carboxylic acids is 1. The second-order valence-electron chi connectivity index (χ2n) is 6.45. The lowest BCUT2D eigenvalue weighted by Gasteiger charge is -2.31. The number of anilines is 1. The first kappa shape index (κ1) is 14.8. The van der Waals surface area contributed by atoms with Gasteiger partial charge in [0.1, 0.15) is 0 Å². The van der Waals surface area contributed by atoms with Gasteiger partial charge >= 0.3 is 0 Å². The fourth-order valence-corrected chi connectivity index (χ4v) is 3.42. The monoisotopic (exact) mass is 275 g/mol. The molecule has 0 aromatic carbocycles. The van der Waals surface area contributed by atoms with Crippen LogP contribution in [0.5, 0.6) is 0 Å². The highest BCUT2D eigenvalue weighted by molar-refractivity contribution is 5.98. The zero-order valence-electron chi connectivity index (χ0n) is 12.5. The Morgan fingerprint density at radius 3 is 2.75 bits per heavy atom. The fraction of sp³-hybridized carbons (Fsp3) is 0.625. The van der Waals surface area contributed by atoms with Gasteiger partial charge in [0.25, 0.3) is 5.91 Å². The highest BCUT2D eigenvalue weighted by Gasteiger charge is 2.34. The minimum Gasteiger partial charge on any atom is -0.397 e. The number of aromatic nitrogens is 1. The average Bonchev–Trinajstić information content (AvgIpc) is 2.84. The quantitative estimate of drug-likeness (QED) is 0.868. The van der Waals surface area contributed by atoms with Crippen molar-refractivity contribution in [2.24, 2.45) is 11.3 Å². The standard InChI is InChI=1S/C16H25N3O/c1-12(2)9-16(6-3-4-7-16)11-19-15(20)13-5-8-18-10-14(13)17/h5,8,10,12H,3-4,6-7,9,11,17H2,1-2H3,(H,19,20). The molecule has 4 heteroatoms. The van der Waals surface area contributed by atoms with Crippen LogP contribution in [0.25, 0.3) is 0 Å². The minimum absolute atomic E-state index is 0.0834. The number of nitrogens with zero attached hydrogens (tertiary/aromatic N) is 1. The van der Waals surface area contributed by atoms with Gasteiger partial charge in [-0.15, -0.1) is 0 Å². The predicted octanol–water partition coefficient (Wildman–Crippen LogP) is 3.00. The molecule has 20 heavy (non-hydrogen) atoms. The van der Waals surface area contributed by atoms with Crippen LogP contribution in [0.4, 0.5) is 5.69 Å². The molecule has 0 spiro atoms. The number of carbonyl (C=O) groups is 1. The molecule has 1 heterocycles. The van der Waals surface area contributed by atoms with Gasteiger partial charge in [0, 0.05) is 12.7 Å². The summed E-state index contributed by atoms with van der Waals surface area (Å²) < 4.78 is 0. The molecule has 0 aliphatic heterocycles. The van der Waals surface area contributed by atoms with Crippen LogP contribution < -0.4 is 11.1 Å². The van der Waals surface area contributed by atoms with Crippen LogP contribution in [-0.4, -0.2) is 17.4 Å². The molecule has 2 rings (SSSR count). The van der Waals surface area contributed by atoms with E-state index in [1.54, 1.807) is 12.3 Å². The molecule has 1 amide bonds. The van der Waals surface area contributed by atoms with E-state index in [0.717, 1.165) is 6.54 Å². The topological polar surface area (TPSA) is 68.0 Å². The maximum Gasteiger partial charge on any atom is 0.253 e. The van der Waals surface area contributed by atoms with E-state index < -0.39 is 0 Å². The molecule has 1 aromatic rings. The smallest absolute Gasteiger partial charge is 0.253 e. The first-order valence-corrected chi connectivity index (χ1v) is 7.50. The lowest BCUT2D eigenvalue weighted by atomic mass is 9.78. The van der Waals surface area contributed by atoms with E-state index in [1.807, 2.05) is 0 Å². The van der Waals surface area contributed by atoms with E-state index in [2.05, 4.69) is 24.1 Å². The van der Waals surface area contributed by atoms with Crippen LogP contribution in [0.2, 0.25) is 0 Å². The Labute approximate surface area is 121 Å². The van der Waals surface area contributed by atoms with E-state index in [9.17, 15) is 4.79 Å². The summed E-state index contributed by atoms with van der Waals surface area (Å²) in [6, 6.07) is 1.68. The molecular weight excluding hydrogens is 250 g/mol. The maximum atomic E-state index is 12.2. The maximum absolute atomic E-state index is 12.2. The van der Waals surface area contributed by atoms with Crippen molar-refractivity contribution in [3.05, 3.63) is 24.0 Å². The van der Waals surface area contributed by atoms with Gasteiger partial charge in [-0.1, -0.05) is 26.7 Å². The van der Waals surface area contributed by atoms with Crippen LogP contribution in [-0.2, 0) is 0 Å². The molecule has 0 radical (unpaired) electrons. The summed E-state index contributed by atoms with van der Waals surface area (Å²) in [6.07, 6.45) is 9.30. The SMILES string of the molecule is CC(C)CC1(CNC(=O)c2ccncc2N)CCCC1. The van der Waals surface area contributed by atoms with Gasteiger partial charge in [-0.2, -0.15) is 0 Å². The number of nitrogens with one attached hydrogen (secondary N) is 1. The van der Waals surface area contributed by atoms with Gasteiger partial charge < -0.3 is 11.1 Å². The molecule has 1 aliphatic rings. The Morgan fingerprint density at radius 1 is 1.45 bits per heavy atom. The summed E-state index contributed by atoms with van der Waals surface area (Å²) in [5, 5.41) is 3.08. The molecule has 0 saturated heterocycles. The first-order chi connectivity index (χ1) is 9.52. The third kappa shape index (κ3) is 3.50. The third-order valence-corrected chi connectivity index (χ3v) is 4.23. The molecule has 0 atom stereocenters. The number of hydrogen-bond donors (Lipinski definition) is 2. The summed E-state index contributed by atoms with van der Waals surface area (Å²) >= 11 is 0. The van der Waals surface area contributed by atoms with Crippen molar-refractivity contribution in [2.75, 3.05) is 12.3 Å². The van der Waals surface area contributed by atoms with Gasteiger partial charge in [-0.25, -0.2) is 0 Å². The van der Waals surface area contributed by atoms with Crippen molar-refractivity contribution in [3.8, 4) is 0 Å². The van der Waals surface area contributed by atoms with Gasteiger partial charge in [-0.05, 0) is 36.7 Å². The largest absolute Gasteiger partial charge is 0.397 e. The molecule has 0 bridgehead atoms. The second kappa shape index (κ2) is 6.25. The summed E-state index contributed by atoms with van der Waals surface area (Å²) in [4.78, 5) is 16.1.